The molecular weight excluding hydrogens is 496 g/mol. The summed E-state index contributed by atoms with van der Waals surface area (Å²) in [4.78, 5) is 35.0. The van der Waals surface area contributed by atoms with Gasteiger partial charge >= 0.3 is 0 Å². The van der Waals surface area contributed by atoms with E-state index in [2.05, 4.69) is 41.1 Å². The smallest absolute Gasteiger partial charge is 0.254 e. The molecule has 6 nitrogen and oxygen atoms in total. The second-order valence-corrected chi connectivity index (χ2v) is 10.8. The first-order valence-electron chi connectivity index (χ1n) is 13.4. The summed E-state index contributed by atoms with van der Waals surface area (Å²) in [6, 6.07) is 23.2. The summed E-state index contributed by atoms with van der Waals surface area (Å²) >= 11 is 6.00. The van der Waals surface area contributed by atoms with Gasteiger partial charge in [0.2, 0.25) is 5.91 Å². The lowest BCUT2D eigenvalue weighted by Gasteiger charge is -2.24. The lowest BCUT2D eigenvalue weighted by molar-refractivity contribution is -0.119. The van der Waals surface area contributed by atoms with Crippen LogP contribution in [0.1, 0.15) is 39.9 Å². The number of carbonyl (C=O) groups excluding carboxylic acids is 2. The van der Waals surface area contributed by atoms with Crippen LogP contribution in [-0.4, -0.2) is 66.3 Å². The molecule has 0 spiro atoms. The van der Waals surface area contributed by atoms with Gasteiger partial charge in [-0.1, -0.05) is 54.1 Å². The van der Waals surface area contributed by atoms with Gasteiger partial charge in [-0.2, -0.15) is 0 Å². The number of amides is 2. The van der Waals surface area contributed by atoms with E-state index < -0.39 is 0 Å². The Morgan fingerprint density at radius 1 is 0.895 bits per heavy atom. The summed E-state index contributed by atoms with van der Waals surface area (Å²) in [5.74, 6) is -0.271. The number of nitrogens with zero attached hydrogens (tertiary/aromatic N) is 4. The minimum Gasteiger partial charge on any atom is -0.325 e. The maximum absolute atomic E-state index is 13.5. The third kappa shape index (κ3) is 6.44. The van der Waals surface area contributed by atoms with Gasteiger partial charge in [-0.3, -0.25) is 9.59 Å². The molecule has 3 aromatic carbocycles. The Hall–Kier alpha value is -3.19. The zero-order valence-electron chi connectivity index (χ0n) is 22.0. The van der Waals surface area contributed by atoms with Crippen molar-refractivity contribution in [3.63, 3.8) is 0 Å². The summed E-state index contributed by atoms with van der Waals surface area (Å²) in [5, 5.41) is 0.574. The third-order valence-electron chi connectivity index (χ3n) is 7.46. The predicted molar refractivity (Wildman–Crippen MR) is 152 cm³/mol. The van der Waals surface area contributed by atoms with E-state index in [1.54, 1.807) is 29.2 Å². The number of likely N-dealkylation sites (N-methyl/N-ethyl adjacent to an activating group) is 1. The molecule has 7 heteroatoms. The number of carbonyl (C=O) groups is 2. The molecule has 0 radical (unpaired) electrons. The van der Waals surface area contributed by atoms with Gasteiger partial charge in [0.05, 0.1) is 6.54 Å². The largest absolute Gasteiger partial charge is 0.325 e. The molecule has 2 aliphatic rings. The van der Waals surface area contributed by atoms with E-state index >= 15 is 0 Å². The van der Waals surface area contributed by atoms with Crippen molar-refractivity contribution in [1.82, 2.24) is 14.7 Å². The maximum Gasteiger partial charge on any atom is 0.254 e. The van der Waals surface area contributed by atoms with Crippen LogP contribution in [-0.2, 0) is 24.4 Å². The van der Waals surface area contributed by atoms with Gasteiger partial charge in [0, 0.05) is 42.5 Å². The number of fused-ring (bicyclic) bond motifs is 1. The van der Waals surface area contributed by atoms with E-state index in [4.69, 9.17) is 11.6 Å². The molecule has 0 aliphatic carbocycles. The molecule has 0 aromatic heterocycles. The Balaban J connectivity index is 1.26. The van der Waals surface area contributed by atoms with Gasteiger partial charge in [-0.15, -0.1) is 0 Å². The minimum absolute atomic E-state index is 0.0238. The van der Waals surface area contributed by atoms with Crippen LogP contribution in [0.5, 0.6) is 0 Å². The summed E-state index contributed by atoms with van der Waals surface area (Å²) in [6.45, 7) is 6.42. The first-order chi connectivity index (χ1) is 18.5. The molecule has 0 unspecified atom stereocenters. The Bertz CT molecular complexity index is 1260. The lowest BCUT2D eigenvalue weighted by atomic mass is 10.1. The molecule has 38 heavy (non-hydrogen) atoms. The van der Waals surface area contributed by atoms with E-state index in [9.17, 15) is 9.59 Å². The Labute approximate surface area is 230 Å². The van der Waals surface area contributed by atoms with Crippen molar-refractivity contribution >= 4 is 29.1 Å². The standard InChI is InChI=1S/C31H35ClN4O2/c1-33(18-19-34-16-4-5-17-34)20-24-8-10-25(11-9-24)21-36-29-7-3-2-6-27(29)22-35(23-30(36)37)31(38)26-12-14-28(32)15-13-26/h2-3,6-15H,4-5,16-23H2,1H3. The fourth-order valence-electron chi connectivity index (χ4n) is 5.29. The fourth-order valence-corrected chi connectivity index (χ4v) is 5.41. The molecule has 3 aromatic rings. The number of benzene rings is 3. The van der Waals surface area contributed by atoms with Crippen LogP contribution in [0.3, 0.4) is 0 Å². The number of rotatable bonds is 8. The summed E-state index contributed by atoms with van der Waals surface area (Å²) in [7, 11) is 2.17. The number of likely N-dealkylation sites (tertiary alicyclic amines) is 1. The molecule has 0 saturated carbocycles. The summed E-state index contributed by atoms with van der Waals surface area (Å²) in [6.07, 6.45) is 2.65. The van der Waals surface area contributed by atoms with Crippen LogP contribution in [0.4, 0.5) is 5.69 Å². The SMILES string of the molecule is CN(CCN1CCCC1)Cc1ccc(CN2C(=O)CN(C(=O)c3ccc(Cl)cc3)Cc3ccccc32)cc1. The molecule has 2 amide bonds. The van der Waals surface area contributed by atoms with Crippen LogP contribution in [0, 0.1) is 0 Å². The minimum atomic E-state index is -0.176. The fraction of sp³-hybridized carbons (Fsp3) is 0.355. The molecule has 0 atom stereocenters. The van der Waals surface area contributed by atoms with Crippen molar-refractivity contribution < 1.29 is 9.59 Å². The number of hydrogen-bond acceptors (Lipinski definition) is 4. The molecule has 198 valence electrons. The highest BCUT2D eigenvalue weighted by Gasteiger charge is 2.29. The lowest BCUT2D eigenvalue weighted by Crippen LogP contribution is -2.39. The zero-order chi connectivity index (χ0) is 26.5. The average Bonchev–Trinajstić information content (AvgIpc) is 3.41. The van der Waals surface area contributed by atoms with Gasteiger partial charge < -0.3 is 19.6 Å². The predicted octanol–water partition coefficient (Wildman–Crippen LogP) is 5.06. The van der Waals surface area contributed by atoms with Crippen LogP contribution < -0.4 is 4.90 Å². The number of hydrogen-bond donors (Lipinski definition) is 0. The molecule has 1 saturated heterocycles. The first-order valence-corrected chi connectivity index (χ1v) is 13.8. The Kier molecular flexibility index (Phi) is 8.42. The van der Waals surface area contributed by atoms with E-state index in [0.717, 1.165) is 36.4 Å². The zero-order valence-corrected chi connectivity index (χ0v) is 22.7. The summed E-state index contributed by atoms with van der Waals surface area (Å²) in [5.41, 5.74) is 4.66. The van der Waals surface area contributed by atoms with Gasteiger partial charge in [-0.05, 0) is 80.0 Å². The van der Waals surface area contributed by atoms with Crippen molar-refractivity contribution in [1.29, 1.82) is 0 Å². The molecule has 2 aliphatic heterocycles. The monoisotopic (exact) mass is 530 g/mol. The Morgan fingerprint density at radius 2 is 1.58 bits per heavy atom. The van der Waals surface area contributed by atoms with E-state index in [1.165, 1.54) is 31.5 Å². The van der Waals surface area contributed by atoms with E-state index in [0.29, 0.717) is 23.7 Å². The average molecular weight is 531 g/mol. The van der Waals surface area contributed by atoms with Crippen molar-refractivity contribution in [3.05, 3.63) is 100 Å². The summed E-state index contributed by atoms with van der Waals surface area (Å²) < 4.78 is 0. The molecule has 0 bridgehead atoms. The van der Waals surface area contributed by atoms with Crippen molar-refractivity contribution in [2.24, 2.45) is 0 Å². The normalized spacial score (nSPS) is 16.1. The van der Waals surface area contributed by atoms with Gasteiger partial charge in [0.15, 0.2) is 0 Å². The number of anilines is 1. The topological polar surface area (TPSA) is 47.1 Å². The molecule has 5 rings (SSSR count). The molecular formula is C31H35ClN4O2. The number of para-hydroxylation sites is 1. The van der Waals surface area contributed by atoms with Crippen molar-refractivity contribution in [2.45, 2.75) is 32.5 Å². The molecule has 2 heterocycles. The highest BCUT2D eigenvalue weighted by atomic mass is 35.5. The first kappa shape index (κ1) is 26.4. The van der Waals surface area contributed by atoms with Gasteiger partial charge in [0.1, 0.15) is 6.54 Å². The van der Waals surface area contributed by atoms with Crippen LogP contribution in [0.15, 0.2) is 72.8 Å². The van der Waals surface area contributed by atoms with Crippen molar-refractivity contribution in [3.8, 4) is 0 Å². The number of halogens is 1. The molecule has 0 N–H and O–H groups in total. The second kappa shape index (κ2) is 12.1. The third-order valence-corrected chi connectivity index (χ3v) is 7.71. The van der Waals surface area contributed by atoms with Crippen molar-refractivity contribution in [2.75, 3.05) is 44.7 Å². The highest BCUT2D eigenvalue weighted by molar-refractivity contribution is 6.30. The molecule has 1 fully saturated rings. The van der Waals surface area contributed by atoms with Crippen LogP contribution >= 0.6 is 11.6 Å². The van der Waals surface area contributed by atoms with E-state index in [-0.39, 0.29) is 18.4 Å². The van der Waals surface area contributed by atoms with E-state index in [1.807, 2.05) is 29.2 Å². The second-order valence-electron chi connectivity index (χ2n) is 10.4. The van der Waals surface area contributed by atoms with Crippen LogP contribution in [0.25, 0.3) is 0 Å². The Morgan fingerprint density at radius 3 is 2.32 bits per heavy atom. The quantitative estimate of drug-likeness (QED) is 0.408. The van der Waals surface area contributed by atoms with Crippen LogP contribution in [0.2, 0.25) is 5.02 Å². The highest BCUT2D eigenvalue weighted by Crippen LogP contribution is 2.28. The van der Waals surface area contributed by atoms with Gasteiger partial charge in [0.25, 0.3) is 5.91 Å². The maximum atomic E-state index is 13.5. The van der Waals surface area contributed by atoms with Gasteiger partial charge in [-0.25, -0.2) is 0 Å².